The summed E-state index contributed by atoms with van der Waals surface area (Å²) in [6, 6.07) is 18.4. The van der Waals surface area contributed by atoms with E-state index < -0.39 is 6.10 Å². The average Bonchev–Trinajstić information content (AvgIpc) is 3.36. The van der Waals surface area contributed by atoms with E-state index in [1.54, 1.807) is 17.0 Å². The van der Waals surface area contributed by atoms with Crippen molar-refractivity contribution in [2.75, 3.05) is 39.3 Å². The molecule has 1 fully saturated rings. The van der Waals surface area contributed by atoms with Crippen molar-refractivity contribution < 1.29 is 19.1 Å². The van der Waals surface area contributed by atoms with E-state index >= 15 is 0 Å². The van der Waals surface area contributed by atoms with Crippen LogP contribution in [0.4, 0.5) is 0 Å². The number of ether oxygens (including phenoxy) is 1. The monoisotopic (exact) mass is 488 g/mol. The van der Waals surface area contributed by atoms with Crippen molar-refractivity contribution in [3.8, 4) is 0 Å². The number of carbonyl (C=O) groups is 1. The second-order valence-corrected chi connectivity index (χ2v) is 8.91. The molecular formula is C25H26Cl2N2O4. The van der Waals surface area contributed by atoms with Gasteiger partial charge in [0.05, 0.1) is 19.0 Å². The van der Waals surface area contributed by atoms with Gasteiger partial charge in [-0.05, 0) is 47.5 Å². The van der Waals surface area contributed by atoms with E-state index in [0.29, 0.717) is 48.5 Å². The summed E-state index contributed by atoms with van der Waals surface area (Å²) >= 11 is 12.1. The molecule has 1 aromatic heterocycles. The topological polar surface area (TPSA) is 66.2 Å². The highest BCUT2D eigenvalue weighted by Crippen LogP contribution is 2.28. The molecule has 1 aliphatic heterocycles. The SMILES string of the molecule is O=C(c1ccco1)N1CCN(C[C@@H](O)COC(c2ccc(Cl)cc2)c2ccc(Cl)cc2)CC1. The van der Waals surface area contributed by atoms with Gasteiger partial charge in [-0.1, -0.05) is 47.5 Å². The van der Waals surface area contributed by atoms with Gasteiger partial charge in [0.2, 0.25) is 0 Å². The van der Waals surface area contributed by atoms with Crippen molar-refractivity contribution in [1.82, 2.24) is 9.80 Å². The number of rotatable bonds is 8. The highest BCUT2D eigenvalue weighted by molar-refractivity contribution is 6.30. The molecule has 1 saturated heterocycles. The Morgan fingerprint density at radius 3 is 2.03 bits per heavy atom. The molecule has 1 amide bonds. The fourth-order valence-corrected chi connectivity index (χ4v) is 4.16. The van der Waals surface area contributed by atoms with E-state index in [0.717, 1.165) is 11.1 Å². The van der Waals surface area contributed by atoms with Crippen molar-refractivity contribution in [1.29, 1.82) is 0 Å². The Morgan fingerprint density at radius 1 is 0.939 bits per heavy atom. The molecule has 0 aliphatic carbocycles. The average molecular weight is 489 g/mol. The van der Waals surface area contributed by atoms with Crippen LogP contribution in [0.25, 0.3) is 0 Å². The zero-order valence-corrected chi connectivity index (χ0v) is 19.6. The maximum absolute atomic E-state index is 12.4. The first-order chi connectivity index (χ1) is 16.0. The zero-order valence-electron chi connectivity index (χ0n) is 18.1. The largest absolute Gasteiger partial charge is 0.459 e. The van der Waals surface area contributed by atoms with Crippen molar-refractivity contribution in [3.05, 3.63) is 93.9 Å². The second-order valence-electron chi connectivity index (χ2n) is 8.04. The van der Waals surface area contributed by atoms with E-state index in [1.807, 2.05) is 48.5 Å². The number of benzene rings is 2. The number of aliphatic hydroxyl groups excluding tert-OH is 1. The molecule has 6 nitrogen and oxygen atoms in total. The number of piperazine rings is 1. The number of aliphatic hydroxyl groups is 1. The summed E-state index contributed by atoms with van der Waals surface area (Å²) in [5.41, 5.74) is 1.89. The molecule has 33 heavy (non-hydrogen) atoms. The molecule has 174 valence electrons. The zero-order chi connectivity index (χ0) is 23.2. The summed E-state index contributed by atoms with van der Waals surface area (Å²) in [5, 5.41) is 12.0. The summed E-state index contributed by atoms with van der Waals surface area (Å²) in [6.45, 7) is 3.18. The molecule has 0 saturated carbocycles. The lowest BCUT2D eigenvalue weighted by atomic mass is 10.0. The number of β-amino-alcohol motifs (C(OH)–C–C–N with tert-alkyl or cyclic N) is 1. The molecule has 3 aromatic rings. The maximum Gasteiger partial charge on any atom is 0.289 e. The van der Waals surface area contributed by atoms with E-state index in [4.69, 9.17) is 32.4 Å². The summed E-state index contributed by atoms with van der Waals surface area (Å²) < 4.78 is 11.4. The molecule has 8 heteroatoms. The van der Waals surface area contributed by atoms with Crippen LogP contribution in [-0.2, 0) is 4.74 Å². The minimum Gasteiger partial charge on any atom is -0.459 e. The predicted octanol–water partition coefficient (Wildman–Crippen LogP) is 4.51. The second kappa shape index (κ2) is 11.2. The Morgan fingerprint density at radius 2 is 1.52 bits per heavy atom. The summed E-state index contributed by atoms with van der Waals surface area (Å²) in [5.74, 6) is 0.254. The number of hydrogen-bond donors (Lipinski definition) is 1. The Labute approximate surface area is 203 Å². The van der Waals surface area contributed by atoms with Crippen LogP contribution >= 0.6 is 23.2 Å². The normalized spacial score (nSPS) is 15.7. The highest BCUT2D eigenvalue weighted by Gasteiger charge is 2.25. The number of halogens is 2. The molecule has 0 spiro atoms. The van der Waals surface area contributed by atoms with E-state index in [-0.39, 0.29) is 18.6 Å². The van der Waals surface area contributed by atoms with Gasteiger partial charge in [-0.25, -0.2) is 0 Å². The summed E-state index contributed by atoms with van der Waals surface area (Å²) in [4.78, 5) is 16.3. The van der Waals surface area contributed by atoms with Crippen molar-refractivity contribution >= 4 is 29.1 Å². The standard InChI is InChI=1S/C25H26Cl2N2O4/c26-20-7-3-18(4-8-20)24(19-5-9-21(27)10-6-19)33-17-22(30)16-28-11-13-29(14-12-28)25(31)23-2-1-15-32-23/h1-10,15,22,24,30H,11-14,16-17H2/t22-/m1/s1. The van der Waals surface area contributed by atoms with Gasteiger partial charge in [0, 0.05) is 42.8 Å². The molecule has 0 unspecified atom stereocenters. The minimum atomic E-state index is -0.667. The number of furan rings is 1. The number of hydrogen-bond acceptors (Lipinski definition) is 5. The molecule has 1 aliphatic rings. The van der Waals surface area contributed by atoms with E-state index in [1.165, 1.54) is 6.26 Å². The van der Waals surface area contributed by atoms with Crippen molar-refractivity contribution in [2.45, 2.75) is 12.2 Å². The van der Waals surface area contributed by atoms with Crippen LogP contribution in [0.3, 0.4) is 0 Å². The first kappa shape index (κ1) is 23.8. The minimum absolute atomic E-state index is 0.0997. The Balaban J connectivity index is 1.31. The maximum atomic E-state index is 12.4. The third kappa shape index (κ3) is 6.37. The Hall–Kier alpha value is -2.35. The van der Waals surface area contributed by atoms with Gasteiger partial charge in [-0.3, -0.25) is 9.69 Å². The van der Waals surface area contributed by atoms with Crippen molar-refractivity contribution in [3.63, 3.8) is 0 Å². The van der Waals surface area contributed by atoms with Crippen LogP contribution < -0.4 is 0 Å². The van der Waals surface area contributed by atoms with Crippen LogP contribution in [0, 0.1) is 0 Å². The molecular weight excluding hydrogens is 463 g/mol. The molecule has 4 rings (SSSR count). The van der Waals surface area contributed by atoms with Gasteiger partial charge in [0.15, 0.2) is 5.76 Å². The van der Waals surface area contributed by atoms with E-state index in [2.05, 4.69) is 4.90 Å². The number of carbonyl (C=O) groups excluding carboxylic acids is 1. The first-order valence-corrected chi connectivity index (χ1v) is 11.6. The fraction of sp³-hybridized carbons (Fsp3) is 0.320. The highest BCUT2D eigenvalue weighted by atomic mass is 35.5. The third-order valence-corrected chi connectivity index (χ3v) is 6.17. The van der Waals surface area contributed by atoms with Gasteiger partial charge in [0.25, 0.3) is 5.91 Å². The molecule has 0 bridgehead atoms. The predicted molar refractivity (Wildman–Crippen MR) is 128 cm³/mol. The van der Waals surface area contributed by atoms with Gasteiger partial charge in [-0.15, -0.1) is 0 Å². The van der Waals surface area contributed by atoms with Crippen LogP contribution in [0.15, 0.2) is 71.3 Å². The number of amides is 1. The van der Waals surface area contributed by atoms with Gasteiger partial charge < -0.3 is 19.2 Å². The molecule has 2 heterocycles. The Kier molecular flexibility index (Phi) is 8.06. The molecule has 1 atom stereocenters. The summed E-state index contributed by atoms with van der Waals surface area (Å²) in [7, 11) is 0. The quantitative estimate of drug-likeness (QED) is 0.505. The van der Waals surface area contributed by atoms with Gasteiger partial charge in [0.1, 0.15) is 6.10 Å². The smallest absolute Gasteiger partial charge is 0.289 e. The lowest BCUT2D eigenvalue weighted by molar-refractivity contribution is -0.0138. The van der Waals surface area contributed by atoms with Crippen LogP contribution in [-0.4, -0.2) is 66.2 Å². The molecule has 1 N–H and O–H groups in total. The van der Waals surface area contributed by atoms with E-state index in [9.17, 15) is 9.90 Å². The van der Waals surface area contributed by atoms with Crippen molar-refractivity contribution in [2.24, 2.45) is 0 Å². The first-order valence-electron chi connectivity index (χ1n) is 10.9. The molecule has 2 aromatic carbocycles. The number of nitrogens with zero attached hydrogens (tertiary/aromatic N) is 2. The molecule has 0 radical (unpaired) electrons. The van der Waals surface area contributed by atoms with Crippen LogP contribution in [0.1, 0.15) is 27.8 Å². The van der Waals surface area contributed by atoms with Crippen LogP contribution in [0.2, 0.25) is 10.0 Å². The Bertz CT molecular complexity index is 972. The fourth-order valence-electron chi connectivity index (χ4n) is 3.91. The lowest BCUT2D eigenvalue weighted by Crippen LogP contribution is -2.50. The van der Waals surface area contributed by atoms with Gasteiger partial charge >= 0.3 is 0 Å². The lowest BCUT2D eigenvalue weighted by Gasteiger charge is -2.35. The third-order valence-electron chi connectivity index (χ3n) is 5.66. The van der Waals surface area contributed by atoms with Gasteiger partial charge in [-0.2, -0.15) is 0 Å². The van der Waals surface area contributed by atoms with Crippen LogP contribution in [0.5, 0.6) is 0 Å². The summed E-state index contributed by atoms with van der Waals surface area (Å²) in [6.07, 6.45) is 0.484.